The van der Waals surface area contributed by atoms with Crippen molar-refractivity contribution in [3.8, 4) is 0 Å². The summed E-state index contributed by atoms with van der Waals surface area (Å²) in [6.45, 7) is 6.02. The van der Waals surface area contributed by atoms with Crippen molar-refractivity contribution in [2.75, 3.05) is 6.54 Å². The fourth-order valence-electron chi connectivity index (χ4n) is 1.78. The average molecular weight is 317 g/mol. The van der Waals surface area contributed by atoms with Gasteiger partial charge >= 0.3 is 6.03 Å². The lowest BCUT2D eigenvalue weighted by Crippen LogP contribution is -2.38. The van der Waals surface area contributed by atoms with E-state index < -0.39 is 11.9 Å². The van der Waals surface area contributed by atoms with E-state index in [4.69, 9.17) is 11.6 Å². The standard InChI is InChI=1S/C15H22ClFN2O2/c1-9(2)14(20)6-7-18-15(21)19-10(3)11-4-5-13(17)12(16)8-11/h4-5,8-10,14,20H,6-7H2,1-3H3,(H2,18,19,21). The van der Waals surface area contributed by atoms with Gasteiger partial charge in [-0.05, 0) is 37.0 Å². The van der Waals surface area contributed by atoms with E-state index in [2.05, 4.69) is 10.6 Å². The monoisotopic (exact) mass is 316 g/mol. The van der Waals surface area contributed by atoms with Gasteiger partial charge in [-0.3, -0.25) is 0 Å². The summed E-state index contributed by atoms with van der Waals surface area (Å²) in [5, 5.41) is 15.1. The Hall–Kier alpha value is -1.33. The van der Waals surface area contributed by atoms with E-state index in [1.807, 2.05) is 13.8 Å². The van der Waals surface area contributed by atoms with Gasteiger partial charge in [0.15, 0.2) is 0 Å². The number of hydrogen-bond acceptors (Lipinski definition) is 2. The minimum absolute atomic E-state index is 0.0293. The van der Waals surface area contributed by atoms with Crippen LogP contribution in [0.4, 0.5) is 9.18 Å². The topological polar surface area (TPSA) is 61.4 Å². The first-order valence-corrected chi connectivity index (χ1v) is 7.36. The summed E-state index contributed by atoms with van der Waals surface area (Å²) in [5.74, 6) is -0.324. The van der Waals surface area contributed by atoms with Crippen LogP contribution in [0.25, 0.3) is 0 Å². The maximum absolute atomic E-state index is 13.1. The Kier molecular flexibility index (Phi) is 6.92. The van der Waals surface area contributed by atoms with Gasteiger partial charge in [-0.2, -0.15) is 0 Å². The van der Waals surface area contributed by atoms with Gasteiger partial charge in [0.05, 0.1) is 17.2 Å². The van der Waals surface area contributed by atoms with Crippen LogP contribution in [-0.4, -0.2) is 23.8 Å². The van der Waals surface area contributed by atoms with E-state index in [9.17, 15) is 14.3 Å². The third kappa shape index (κ3) is 5.89. The number of hydrogen-bond donors (Lipinski definition) is 3. The minimum atomic E-state index is -0.486. The smallest absolute Gasteiger partial charge is 0.315 e. The maximum Gasteiger partial charge on any atom is 0.315 e. The first-order valence-electron chi connectivity index (χ1n) is 6.98. The van der Waals surface area contributed by atoms with Gasteiger partial charge in [0.2, 0.25) is 0 Å². The van der Waals surface area contributed by atoms with Crippen LogP contribution in [0, 0.1) is 11.7 Å². The molecule has 0 radical (unpaired) electrons. The van der Waals surface area contributed by atoms with E-state index in [1.54, 1.807) is 13.0 Å². The summed E-state index contributed by atoms with van der Waals surface area (Å²) in [4.78, 5) is 11.7. The van der Waals surface area contributed by atoms with Crippen LogP contribution in [0.5, 0.6) is 0 Å². The first kappa shape index (κ1) is 17.7. The fourth-order valence-corrected chi connectivity index (χ4v) is 1.97. The number of aliphatic hydroxyl groups excluding tert-OH is 1. The van der Waals surface area contributed by atoms with Crippen LogP contribution in [0.1, 0.15) is 38.8 Å². The second-order valence-electron chi connectivity index (χ2n) is 5.40. The van der Waals surface area contributed by atoms with Crippen molar-refractivity contribution in [3.63, 3.8) is 0 Å². The number of benzene rings is 1. The number of carbonyl (C=O) groups is 1. The Bertz CT molecular complexity index is 483. The van der Waals surface area contributed by atoms with Crippen LogP contribution < -0.4 is 10.6 Å². The quantitative estimate of drug-likeness (QED) is 0.754. The molecule has 0 aromatic heterocycles. The summed E-state index contributed by atoms with van der Waals surface area (Å²) in [6.07, 6.45) is 0.0700. The number of urea groups is 1. The van der Waals surface area contributed by atoms with Gasteiger partial charge in [0.25, 0.3) is 0 Å². The zero-order chi connectivity index (χ0) is 16.0. The summed E-state index contributed by atoms with van der Waals surface area (Å²) >= 11 is 5.71. The van der Waals surface area contributed by atoms with Gasteiger partial charge in [-0.25, -0.2) is 9.18 Å². The van der Waals surface area contributed by atoms with Gasteiger partial charge in [-0.1, -0.05) is 31.5 Å². The molecule has 1 aromatic carbocycles. The number of nitrogens with one attached hydrogen (secondary N) is 2. The van der Waals surface area contributed by atoms with Gasteiger partial charge in [0.1, 0.15) is 5.82 Å². The molecule has 0 bridgehead atoms. The molecular weight excluding hydrogens is 295 g/mol. The van der Waals surface area contributed by atoms with Crippen molar-refractivity contribution >= 4 is 17.6 Å². The summed E-state index contributed by atoms with van der Waals surface area (Å²) < 4.78 is 13.1. The lowest BCUT2D eigenvalue weighted by Gasteiger charge is -2.17. The third-order valence-electron chi connectivity index (χ3n) is 3.29. The second-order valence-corrected chi connectivity index (χ2v) is 5.80. The van der Waals surface area contributed by atoms with E-state index >= 15 is 0 Å². The molecule has 0 fully saturated rings. The molecule has 0 heterocycles. The van der Waals surface area contributed by atoms with E-state index in [1.165, 1.54) is 12.1 Å². The predicted molar refractivity (Wildman–Crippen MR) is 81.8 cm³/mol. The zero-order valence-electron chi connectivity index (χ0n) is 12.5. The lowest BCUT2D eigenvalue weighted by molar-refractivity contribution is 0.116. The van der Waals surface area contributed by atoms with Crippen molar-refractivity contribution in [3.05, 3.63) is 34.6 Å². The summed E-state index contributed by atoms with van der Waals surface area (Å²) in [7, 11) is 0. The largest absolute Gasteiger partial charge is 0.393 e. The molecular formula is C15H22ClFN2O2. The highest BCUT2D eigenvalue weighted by Gasteiger charge is 2.12. The van der Waals surface area contributed by atoms with Crippen LogP contribution in [0.2, 0.25) is 5.02 Å². The van der Waals surface area contributed by atoms with Gasteiger partial charge in [0, 0.05) is 6.54 Å². The predicted octanol–water partition coefficient (Wildman–Crippen LogP) is 3.25. The number of halogens is 2. The maximum atomic E-state index is 13.1. The Morgan fingerprint density at radius 1 is 1.38 bits per heavy atom. The molecule has 0 spiro atoms. The molecule has 21 heavy (non-hydrogen) atoms. The molecule has 1 aromatic rings. The Balaban J connectivity index is 2.41. The van der Waals surface area contributed by atoms with Crippen molar-refractivity contribution in [2.24, 2.45) is 5.92 Å². The van der Waals surface area contributed by atoms with Crippen LogP contribution in [0.3, 0.4) is 0 Å². The van der Waals surface area contributed by atoms with Crippen LogP contribution >= 0.6 is 11.6 Å². The molecule has 2 amide bonds. The van der Waals surface area contributed by atoms with Gasteiger partial charge in [-0.15, -0.1) is 0 Å². The minimum Gasteiger partial charge on any atom is -0.393 e. The van der Waals surface area contributed by atoms with Gasteiger partial charge < -0.3 is 15.7 Å². The lowest BCUT2D eigenvalue weighted by atomic mass is 10.0. The SMILES string of the molecule is CC(NC(=O)NCCC(O)C(C)C)c1ccc(F)c(Cl)c1. The molecule has 4 nitrogen and oxygen atoms in total. The molecule has 6 heteroatoms. The number of aliphatic hydroxyl groups is 1. The Morgan fingerprint density at radius 3 is 2.62 bits per heavy atom. The van der Waals surface area contributed by atoms with Crippen molar-refractivity contribution in [1.29, 1.82) is 0 Å². The number of amides is 2. The molecule has 2 atom stereocenters. The molecule has 0 saturated carbocycles. The highest BCUT2D eigenvalue weighted by Crippen LogP contribution is 2.20. The third-order valence-corrected chi connectivity index (χ3v) is 3.58. The Labute approximate surface area is 129 Å². The van der Waals surface area contributed by atoms with E-state index in [0.29, 0.717) is 13.0 Å². The highest BCUT2D eigenvalue weighted by molar-refractivity contribution is 6.30. The summed E-state index contributed by atoms with van der Waals surface area (Å²) in [6, 6.07) is 3.71. The summed E-state index contributed by atoms with van der Waals surface area (Å²) in [5.41, 5.74) is 0.721. The van der Waals surface area contributed by atoms with E-state index in [-0.39, 0.29) is 23.0 Å². The first-order chi connectivity index (χ1) is 9.81. The molecule has 0 saturated heterocycles. The highest BCUT2D eigenvalue weighted by atomic mass is 35.5. The number of rotatable bonds is 6. The molecule has 2 unspecified atom stereocenters. The van der Waals surface area contributed by atoms with Crippen LogP contribution in [-0.2, 0) is 0 Å². The molecule has 0 aliphatic heterocycles. The van der Waals surface area contributed by atoms with Crippen molar-refractivity contribution in [1.82, 2.24) is 10.6 Å². The molecule has 118 valence electrons. The zero-order valence-corrected chi connectivity index (χ0v) is 13.2. The Morgan fingerprint density at radius 2 is 2.05 bits per heavy atom. The molecule has 0 aliphatic rings. The van der Waals surface area contributed by atoms with E-state index in [0.717, 1.165) is 5.56 Å². The van der Waals surface area contributed by atoms with Crippen molar-refractivity contribution in [2.45, 2.75) is 39.3 Å². The molecule has 3 N–H and O–H groups in total. The molecule has 1 rings (SSSR count). The van der Waals surface area contributed by atoms with Crippen molar-refractivity contribution < 1.29 is 14.3 Å². The normalized spacial score (nSPS) is 13.9. The average Bonchev–Trinajstić information content (AvgIpc) is 2.41. The molecule has 0 aliphatic carbocycles. The van der Waals surface area contributed by atoms with Crippen LogP contribution in [0.15, 0.2) is 18.2 Å². The fraction of sp³-hybridized carbons (Fsp3) is 0.533. The number of carbonyl (C=O) groups excluding carboxylic acids is 1. The second kappa shape index (κ2) is 8.20.